The molecule has 1 amide bonds. The SMILES string of the molecule is Cc1ncsc1C(=O)NCC(c1ccc(F)cc1)N1CCOCC1. The number of morpholine rings is 1. The van der Waals surface area contributed by atoms with E-state index in [4.69, 9.17) is 4.74 Å². The lowest BCUT2D eigenvalue weighted by Crippen LogP contribution is -2.43. The van der Waals surface area contributed by atoms with Crippen molar-refractivity contribution in [3.8, 4) is 0 Å². The Balaban J connectivity index is 1.73. The van der Waals surface area contributed by atoms with E-state index in [1.807, 2.05) is 6.92 Å². The van der Waals surface area contributed by atoms with Gasteiger partial charge in [0, 0.05) is 19.6 Å². The standard InChI is InChI=1S/C17H20FN3O2S/c1-12-16(24-11-20-12)17(22)19-10-15(21-6-8-23-9-7-21)13-2-4-14(18)5-3-13/h2-5,11,15H,6-10H2,1H3,(H,19,22). The summed E-state index contributed by atoms with van der Waals surface area (Å²) in [6.45, 7) is 5.20. The molecule has 3 rings (SSSR count). The fourth-order valence-electron chi connectivity index (χ4n) is 2.82. The third kappa shape index (κ3) is 3.98. The van der Waals surface area contributed by atoms with E-state index in [1.165, 1.54) is 23.5 Å². The topological polar surface area (TPSA) is 54.5 Å². The normalized spacial score (nSPS) is 16.8. The second-order valence-electron chi connectivity index (χ2n) is 5.69. The van der Waals surface area contributed by atoms with Gasteiger partial charge in [-0.3, -0.25) is 9.69 Å². The smallest absolute Gasteiger partial charge is 0.263 e. The third-order valence-electron chi connectivity index (χ3n) is 4.15. The fourth-order valence-corrected chi connectivity index (χ4v) is 3.54. The van der Waals surface area contributed by atoms with E-state index in [1.54, 1.807) is 17.6 Å². The molecule has 1 aromatic heterocycles. The molecule has 2 aromatic rings. The molecule has 1 aromatic carbocycles. The minimum absolute atomic E-state index is 0.00771. The summed E-state index contributed by atoms with van der Waals surface area (Å²) in [7, 11) is 0. The molecule has 2 heterocycles. The Labute approximate surface area is 144 Å². The van der Waals surface area contributed by atoms with Gasteiger partial charge in [-0.2, -0.15) is 0 Å². The van der Waals surface area contributed by atoms with Crippen LogP contribution in [0.3, 0.4) is 0 Å². The zero-order valence-electron chi connectivity index (χ0n) is 13.5. The van der Waals surface area contributed by atoms with Gasteiger partial charge in [0.1, 0.15) is 10.7 Å². The molecule has 24 heavy (non-hydrogen) atoms. The lowest BCUT2D eigenvalue weighted by Gasteiger charge is -2.34. The number of aryl methyl sites for hydroxylation is 1. The second-order valence-corrected chi connectivity index (χ2v) is 6.55. The Morgan fingerprint density at radius 3 is 2.71 bits per heavy atom. The van der Waals surface area contributed by atoms with Crippen LogP contribution in [0.15, 0.2) is 29.8 Å². The number of hydrogen-bond donors (Lipinski definition) is 1. The van der Waals surface area contributed by atoms with Crippen molar-refractivity contribution in [2.24, 2.45) is 0 Å². The van der Waals surface area contributed by atoms with Crippen LogP contribution in [-0.2, 0) is 4.74 Å². The molecule has 0 saturated carbocycles. The maximum atomic E-state index is 13.2. The van der Waals surface area contributed by atoms with Crippen LogP contribution in [0.2, 0.25) is 0 Å². The molecule has 5 nitrogen and oxygen atoms in total. The quantitative estimate of drug-likeness (QED) is 0.901. The van der Waals surface area contributed by atoms with E-state index >= 15 is 0 Å². The third-order valence-corrected chi connectivity index (χ3v) is 5.08. The molecule has 1 atom stereocenters. The van der Waals surface area contributed by atoms with E-state index < -0.39 is 0 Å². The zero-order chi connectivity index (χ0) is 16.9. The van der Waals surface area contributed by atoms with E-state index in [0.717, 1.165) is 24.3 Å². The minimum Gasteiger partial charge on any atom is -0.379 e. The Morgan fingerprint density at radius 2 is 2.08 bits per heavy atom. The van der Waals surface area contributed by atoms with Gasteiger partial charge in [0.05, 0.1) is 30.5 Å². The van der Waals surface area contributed by atoms with Gasteiger partial charge in [-0.1, -0.05) is 12.1 Å². The zero-order valence-corrected chi connectivity index (χ0v) is 14.3. The highest BCUT2D eigenvalue weighted by molar-refractivity contribution is 7.11. The van der Waals surface area contributed by atoms with Crippen LogP contribution in [0.25, 0.3) is 0 Å². The highest BCUT2D eigenvalue weighted by Gasteiger charge is 2.24. The first-order chi connectivity index (χ1) is 11.6. The van der Waals surface area contributed by atoms with Crippen LogP contribution in [0.4, 0.5) is 4.39 Å². The first kappa shape index (κ1) is 17.0. The highest BCUT2D eigenvalue weighted by Crippen LogP contribution is 2.22. The van der Waals surface area contributed by atoms with Crippen molar-refractivity contribution < 1.29 is 13.9 Å². The number of carbonyl (C=O) groups excluding carboxylic acids is 1. The number of ether oxygens (including phenoxy) is 1. The fraction of sp³-hybridized carbons (Fsp3) is 0.412. The second kappa shape index (κ2) is 7.83. The number of hydrogen-bond acceptors (Lipinski definition) is 5. The van der Waals surface area contributed by atoms with E-state index in [-0.39, 0.29) is 17.8 Å². The number of nitrogens with zero attached hydrogens (tertiary/aromatic N) is 2. The first-order valence-electron chi connectivity index (χ1n) is 7.90. The van der Waals surface area contributed by atoms with Gasteiger partial charge in [-0.05, 0) is 24.6 Å². The number of aromatic nitrogens is 1. The van der Waals surface area contributed by atoms with Crippen LogP contribution in [0.1, 0.15) is 27.0 Å². The first-order valence-corrected chi connectivity index (χ1v) is 8.78. The van der Waals surface area contributed by atoms with Crippen molar-refractivity contribution in [1.82, 2.24) is 15.2 Å². The maximum Gasteiger partial charge on any atom is 0.263 e. The summed E-state index contributed by atoms with van der Waals surface area (Å²) in [5.41, 5.74) is 3.39. The summed E-state index contributed by atoms with van der Waals surface area (Å²) in [6.07, 6.45) is 0. The molecular weight excluding hydrogens is 329 g/mol. The maximum absolute atomic E-state index is 13.2. The number of halogens is 1. The van der Waals surface area contributed by atoms with Crippen molar-refractivity contribution in [1.29, 1.82) is 0 Å². The summed E-state index contributed by atoms with van der Waals surface area (Å²) >= 11 is 1.34. The largest absolute Gasteiger partial charge is 0.379 e. The summed E-state index contributed by atoms with van der Waals surface area (Å²) in [4.78, 5) is 19.4. The molecule has 1 unspecified atom stereocenters. The number of thiazole rings is 1. The van der Waals surface area contributed by atoms with Gasteiger partial charge in [-0.15, -0.1) is 11.3 Å². The van der Waals surface area contributed by atoms with Gasteiger partial charge in [0.25, 0.3) is 5.91 Å². The molecule has 1 N–H and O–H groups in total. The lowest BCUT2D eigenvalue weighted by molar-refractivity contribution is 0.0162. The number of amides is 1. The molecule has 1 fully saturated rings. The summed E-state index contributed by atoms with van der Waals surface area (Å²) in [5.74, 6) is -0.376. The molecule has 0 aliphatic carbocycles. The number of benzene rings is 1. The summed E-state index contributed by atoms with van der Waals surface area (Å²) < 4.78 is 18.6. The van der Waals surface area contributed by atoms with Gasteiger partial charge < -0.3 is 10.1 Å². The molecule has 128 valence electrons. The molecule has 0 spiro atoms. The van der Waals surface area contributed by atoms with E-state index in [9.17, 15) is 9.18 Å². The number of carbonyl (C=O) groups is 1. The van der Waals surface area contributed by atoms with Crippen LogP contribution in [-0.4, -0.2) is 48.6 Å². The molecule has 7 heteroatoms. The molecule has 1 saturated heterocycles. The van der Waals surface area contributed by atoms with Crippen LogP contribution in [0, 0.1) is 12.7 Å². The van der Waals surface area contributed by atoms with E-state index in [0.29, 0.717) is 24.6 Å². The van der Waals surface area contributed by atoms with Crippen molar-refractivity contribution in [2.45, 2.75) is 13.0 Å². The predicted molar refractivity (Wildman–Crippen MR) is 90.7 cm³/mol. The Hall–Kier alpha value is -1.83. The monoisotopic (exact) mass is 349 g/mol. The van der Waals surface area contributed by atoms with Crippen molar-refractivity contribution >= 4 is 17.2 Å². The number of nitrogens with one attached hydrogen (secondary N) is 1. The summed E-state index contributed by atoms with van der Waals surface area (Å²) in [6, 6.07) is 6.46. The minimum atomic E-state index is -0.260. The predicted octanol–water partition coefficient (Wildman–Crippen LogP) is 2.39. The van der Waals surface area contributed by atoms with Gasteiger partial charge in [0.15, 0.2) is 0 Å². The van der Waals surface area contributed by atoms with Gasteiger partial charge in [0.2, 0.25) is 0 Å². The average Bonchev–Trinajstić information content (AvgIpc) is 3.03. The number of rotatable bonds is 5. The van der Waals surface area contributed by atoms with Gasteiger partial charge >= 0.3 is 0 Å². The van der Waals surface area contributed by atoms with Crippen molar-refractivity contribution in [3.05, 3.63) is 51.7 Å². The van der Waals surface area contributed by atoms with Crippen LogP contribution in [0.5, 0.6) is 0 Å². The average molecular weight is 349 g/mol. The Kier molecular flexibility index (Phi) is 5.55. The Morgan fingerprint density at radius 1 is 1.38 bits per heavy atom. The van der Waals surface area contributed by atoms with Crippen LogP contribution >= 0.6 is 11.3 Å². The molecule has 0 radical (unpaired) electrons. The van der Waals surface area contributed by atoms with Crippen molar-refractivity contribution in [2.75, 3.05) is 32.8 Å². The molecule has 1 aliphatic heterocycles. The molecular formula is C17H20FN3O2S. The molecule has 0 bridgehead atoms. The molecule has 1 aliphatic rings. The van der Waals surface area contributed by atoms with Crippen molar-refractivity contribution in [3.63, 3.8) is 0 Å². The summed E-state index contributed by atoms with van der Waals surface area (Å²) in [5, 5.41) is 2.99. The van der Waals surface area contributed by atoms with Gasteiger partial charge in [-0.25, -0.2) is 9.37 Å². The van der Waals surface area contributed by atoms with E-state index in [2.05, 4.69) is 15.2 Å². The van der Waals surface area contributed by atoms with Crippen LogP contribution < -0.4 is 5.32 Å². The lowest BCUT2D eigenvalue weighted by atomic mass is 10.0. The highest BCUT2D eigenvalue weighted by atomic mass is 32.1. The Bertz CT molecular complexity index is 683.